The van der Waals surface area contributed by atoms with Crippen molar-refractivity contribution in [2.75, 3.05) is 17.6 Å². The Morgan fingerprint density at radius 3 is 2.24 bits per heavy atom. The lowest BCUT2D eigenvalue weighted by Crippen LogP contribution is -2.53. The van der Waals surface area contributed by atoms with E-state index >= 15 is 0 Å². The number of hydrogen-bond donors (Lipinski definition) is 7. The molecule has 3 rings (SSSR count). The minimum absolute atomic E-state index is 0.0701. The van der Waals surface area contributed by atoms with Crippen molar-refractivity contribution in [3.63, 3.8) is 0 Å². The highest BCUT2D eigenvalue weighted by molar-refractivity contribution is 5.98. The van der Waals surface area contributed by atoms with E-state index in [0.29, 0.717) is 37.3 Å². The summed E-state index contributed by atoms with van der Waals surface area (Å²) in [4.78, 5) is 55.2. The van der Waals surface area contributed by atoms with Gasteiger partial charge in [-0.1, -0.05) is 70.7 Å². The van der Waals surface area contributed by atoms with Gasteiger partial charge in [-0.25, -0.2) is 9.78 Å². The van der Waals surface area contributed by atoms with Crippen LogP contribution in [0.2, 0.25) is 0 Å². The maximum atomic E-state index is 13.0. The van der Waals surface area contributed by atoms with Gasteiger partial charge in [0.1, 0.15) is 24.5 Å². The van der Waals surface area contributed by atoms with Gasteiger partial charge in [-0.3, -0.25) is 14.4 Å². The summed E-state index contributed by atoms with van der Waals surface area (Å²) in [6.07, 6.45) is 8.50. The standard InChI is InChI=1S/C42H62N6O7/c1-5-6-9-16-32-26-34-31(17-14-18-35(34)47-39(32)43)15-10-8-13-25-44-42(54)55-27-30-21-23-33(24-22-30)46-40(52)29(4)45-41(53)38(28(2)3)48-36(49)19-11-7-12-20-37(50)51/h14,17-18,21-24,26,28-29,37-38,50-51H,5-13,15-16,19-20,25,27H2,1-4H3,(H2,43,47)(H,44,54)(H,45,53)(H,46,52)(H,48,49)/t29?,38-/m0/s1. The fraction of sp³-hybridized carbons (Fsp3) is 0.548. The predicted octanol–water partition coefficient (Wildman–Crippen LogP) is 6.03. The maximum absolute atomic E-state index is 13.0. The summed E-state index contributed by atoms with van der Waals surface area (Å²) in [5.74, 6) is -0.755. The van der Waals surface area contributed by atoms with Crippen LogP contribution in [0.1, 0.15) is 115 Å². The summed E-state index contributed by atoms with van der Waals surface area (Å²) < 4.78 is 5.37. The van der Waals surface area contributed by atoms with Gasteiger partial charge in [-0.15, -0.1) is 0 Å². The van der Waals surface area contributed by atoms with E-state index < -0.39 is 36.3 Å². The number of hydrogen-bond acceptors (Lipinski definition) is 9. The Kier molecular flexibility index (Phi) is 19.4. The number of fused-ring (bicyclic) bond motifs is 1. The van der Waals surface area contributed by atoms with Crippen molar-refractivity contribution in [3.8, 4) is 0 Å². The Morgan fingerprint density at radius 1 is 0.818 bits per heavy atom. The molecule has 2 atom stereocenters. The van der Waals surface area contributed by atoms with E-state index in [1.807, 2.05) is 26.0 Å². The van der Waals surface area contributed by atoms with Crippen LogP contribution in [-0.2, 0) is 38.6 Å². The summed E-state index contributed by atoms with van der Waals surface area (Å²) in [6.45, 7) is 7.95. The van der Waals surface area contributed by atoms with Crippen LogP contribution in [0.25, 0.3) is 10.9 Å². The Balaban J connectivity index is 1.33. The lowest BCUT2D eigenvalue weighted by molar-refractivity contribution is -0.131. The number of nitrogens with one attached hydrogen (secondary N) is 4. The molecule has 13 heteroatoms. The molecule has 0 spiro atoms. The third-order valence-corrected chi connectivity index (χ3v) is 9.48. The molecule has 1 heterocycles. The number of ether oxygens (including phenoxy) is 1. The molecule has 4 amide bonds. The first kappa shape index (κ1) is 44.6. The first-order valence-corrected chi connectivity index (χ1v) is 19.8. The highest BCUT2D eigenvalue weighted by Crippen LogP contribution is 2.25. The number of aliphatic hydroxyl groups excluding tert-OH is 1. The smallest absolute Gasteiger partial charge is 0.407 e. The molecule has 0 aliphatic heterocycles. The van der Waals surface area contributed by atoms with E-state index in [1.54, 1.807) is 31.2 Å². The van der Waals surface area contributed by atoms with Crippen molar-refractivity contribution in [3.05, 3.63) is 65.2 Å². The zero-order chi connectivity index (χ0) is 40.2. The number of amides is 4. The monoisotopic (exact) mass is 762 g/mol. The molecule has 1 unspecified atom stereocenters. The van der Waals surface area contributed by atoms with Crippen molar-refractivity contribution < 1.29 is 34.1 Å². The lowest BCUT2D eigenvalue weighted by atomic mass is 9.99. The van der Waals surface area contributed by atoms with E-state index in [-0.39, 0.29) is 31.3 Å². The first-order valence-electron chi connectivity index (χ1n) is 19.8. The average Bonchev–Trinajstić information content (AvgIpc) is 3.14. The minimum Gasteiger partial charge on any atom is -0.445 e. The van der Waals surface area contributed by atoms with Crippen LogP contribution >= 0.6 is 0 Å². The average molecular weight is 763 g/mol. The van der Waals surface area contributed by atoms with E-state index in [4.69, 9.17) is 20.7 Å². The predicted molar refractivity (Wildman–Crippen MR) is 216 cm³/mol. The number of unbranched alkanes of at least 4 members (excludes halogenated alkanes) is 6. The molecule has 0 saturated carbocycles. The van der Waals surface area contributed by atoms with Gasteiger partial charge >= 0.3 is 6.09 Å². The second-order valence-electron chi connectivity index (χ2n) is 14.6. The summed E-state index contributed by atoms with van der Waals surface area (Å²) in [5.41, 5.74) is 10.8. The van der Waals surface area contributed by atoms with E-state index in [9.17, 15) is 19.2 Å². The fourth-order valence-corrected chi connectivity index (χ4v) is 6.18. The molecule has 0 saturated heterocycles. The minimum atomic E-state index is -1.35. The number of benzene rings is 2. The topological polar surface area (TPSA) is 205 Å². The second-order valence-corrected chi connectivity index (χ2v) is 14.6. The molecular weight excluding hydrogens is 700 g/mol. The number of rotatable bonds is 24. The second kappa shape index (κ2) is 23.9. The van der Waals surface area contributed by atoms with Crippen molar-refractivity contribution in [1.29, 1.82) is 0 Å². The van der Waals surface area contributed by atoms with Crippen LogP contribution in [0.15, 0.2) is 48.5 Å². The Hall–Kier alpha value is -4.75. The van der Waals surface area contributed by atoms with Crippen LogP contribution in [0.4, 0.5) is 16.3 Å². The van der Waals surface area contributed by atoms with Crippen LogP contribution in [-0.4, -0.2) is 63.9 Å². The van der Waals surface area contributed by atoms with Gasteiger partial charge in [0.15, 0.2) is 6.29 Å². The molecule has 8 N–H and O–H groups in total. The van der Waals surface area contributed by atoms with E-state index in [2.05, 4.69) is 45.3 Å². The number of pyridine rings is 1. The van der Waals surface area contributed by atoms with Crippen molar-refractivity contribution in [1.82, 2.24) is 20.9 Å². The third-order valence-electron chi connectivity index (χ3n) is 9.48. The van der Waals surface area contributed by atoms with E-state index in [0.717, 1.165) is 61.6 Å². The largest absolute Gasteiger partial charge is 0.445 e. The fourth-order valence-electron chi connectivity index (χ4n) is 6.18. The molecule has 13 nitrogen and oxygen atoms in total. The highest BCUT2D eigenvalue weighted by Gasteiger charge is 2.27. The van der Waals surface area contributed by atoms with Crippen LogP contribution in [0, 0.1) is 5.92 Å². The van der Waals surface area contributed by atoms with Gasteiger partial charge in [0.25, 0.3) is 0 Å². The molecule has 302 valence electrons. The normalized spacial score (nSPS) is 12.4. The zero-order valence-corrected chi connectivity index (χ0v) is 33.0. The van der Waals surface area contributed by atoms with Crippen molar-refractivity contribution in [2.24, 2.45) is 5.92 Å². The molecule has 3 aromatic rings. The summed E-state index contributed by atoms with van der Waals surface area (Å²) in [5, 5.41) is 30.0. The molecule has 0 aliphatic rings. The molecular formula is C42H62N6O7. The van der Waals surface area contributed by atoms with E-state index in [1.165, 1.54) is 17.4 Å². The number of anilines is 2. The van der Waals surface area contributed by atoms with Gasteiger partial charge < -0.3 is 42.0 Å². The highest BCUT2D eigenvalue weighted by atomic mass is 16.5. The number of aliphatic hydroxyl groups is 2. The zero-order valence-electron chi connectivity index (χ0n) is 33.0. The van der Waals surface area contributed by atoms with Gasteiger partial charge in [-0.05, 0) is 105 Å². The van der Waals surface area contributed by atoms with Gasteiger partial charge in [-0.2, -0.15) is 0 Å². The van der Waals surface area contributed by atoms with Gasteiger partial charge in [0.2, 0.25) is 17.7 Å². The molecule has 55 heavy (non-hydrogen) atoms. The number of aromatic nitrogens is 1. The number of nitrogen functional groups attached to an aromatic ring is 1. The summed E-state index contributed by atoms with van der Waals surface area (Å²) in [7, 11) is 0. The molecule has 0 radical (unpaired) electrons. The lowest BCUT2D eigenvalue weighted by Gasteiger charge is -2.24. The Morgan fingerprint density at radius 2 is 1.53 bits per heavy atom. The first-order chi connectivity index (χ1) is 26.4. The Bertz CT molecular complexity index is 1660. The van der Waals surface area contributed by atoms with Crippen molar-refractivity contribution >= 4 is 46.2 Å². The SMILES string of the molecule is CCCCCc1cc2c(CCCCCNC(=O)OCc3ccc(NC(=O)C(C)NC(=O)[C@@H](NC(=O)CCCCCC(O)O)C(C)C)cc3)cccc2nc1N. The summed E-state index contributed by atoms with van der Waals surface area (Å²) in [6, 6.07) is 13.6. The number of nitrogens with zero attached hydrogens (tertiary/aromatic N) is 1. The van der Waals surface area contributed by atoms with Crippen LogP contribution in [0.5, 0.6) is 0 Å². The number of carbonyl (C=O) groups is 4. The van der Waals surface area contributed by atoms with Crippen LogP contribution in [0.3, 0.4) is 0 Å². The molecule has 0 fully saturated rings. The molecule has 2 aromatic carbocycles. The molecule has 0 aliphatic carbocycles. The number of aryl methyl sites for hydroxylation is 2. The summed E-state index contributed by atoms with van der Waals surface area (Å²) >= 11 is 0. The Labute approximate surface area is 325 Å². The van der Waals surface area contributed by atoms with Gasteiger partial charge in [0, 0.05) is 24.0 Å². The van der Waals surface area contributed by atoms with Crippen molar-refractivity contribution in [2.45, 2.75) is 136 Å². The number of nitrogens with two attached hydrogens (primary N) is 1. The number of alkyl carbamates (subject to hydrolysis) is 1. The third kappa shape index (κ3) is 16.3. The molecule has 1 aromatic heterocycles. The maximum Gasteiger partial charge on any atom is 0.407 e. The molecule has 0 bridgehead atoms. The van der Waals surface area contributed by atoms with Crippen LogP contribution < -0.4 is 27.0 Å². The van der Waals surface area contributed by atoms with Gasteiger partial charge in [0.05, 0.1) is 5.52 Å². The quantitative estimate of drug-likeness (QED) is 0.0420. The number of carbonyl (C=O) groups excluding carboxylic acids is 4.